The van der Waals surface area contributed by atoms with E-state index in [9.17, 15) is 10.2 Å². The average molecular weight is 282 g/mol. The quantitative estimate of drug-likeness (QED) is 0.684. The molecule has 2 N–H and O–H groups in total. The Labute approximate surface area is 121 Å². The summed E-state index contributed by atoms with van der Waals surface area (Å²) in [5, 5.41) is 19.2. The first kappa shape index (κ1) is 16.8. The van der Waals surface area contributed by atoms with Crippen molar-refractivity contribution in [2.75, 3.05) is 13.2 Å². The van der Waals surface area contributed by atoms with Gasteiger partial charge in [0.2, 0.25) is 0 Å². The predicted molar refractivity (Wildman–Crippen MR) is 79.1 cm³/mol. The van der Waals surface area contributed by atoms with Gasteiger partial charge < -0.3 is 19.7 Å². The van der Waals surface area contributed by atoms with Crippen LogP contribution in [0.5, 0.6) is 11.5 Å². The SMILES string of the molecule is CCC(O)C(CC)C(C)OCCOc1cccc(O)c1. The van der Waals surface area contributed by atoms with Gasteiger partial charge in [-0.3, -0.25) is 0 Å². The number of phenols is 1. The molecule has 0 amide bonds. The van der Waals surface area contributed by atoms with Gasteiger partial charge in [-0.2, -0.15) is 0 Å². The Hall–Kier alpha value is -1.26. The molecule has 0 bridgehead atoms. The topological polar surface area (TPSA) is 58.9 Å². The Morgan fingerprint density at radius 1 is 1.15 bits per heavy atom. The second-order valence-corrected chi connectivity index (χ2v) is 4.97. The minimum Gasteiger partial charge on any atom is -0.508 e. The van der Waals surface area contributed by atoms with Gasteiger partial charge in [-0.1, -0.05) is 19.9 Å². The van der Waals surface area contributed by atoms with E-state index in [1.807, 2.05) is 13.8 Å². The molecule has 0 aromatic heterocycles. The number of aliphatic hydroxyl groups excluding tert-OH is 1. The van der Waals surface area contributed by atoms with Gasteiger partial charge in [-0.25, -0.2) is 0 Å². The second kappa shape index (κ2) is 8.82. The lowest BCUT2D eigenvalue weighted by atomic mass is 9.92. The standard InChI is InChI=1S/C16H26O4/c1-4-15(16(18)5-2)12(3)19-9-10-20-14-8-6-7-13(17)11-14/h6-8,11-12,15-18H,4-5,9-10H2,1-3H3. The van der Waals surface area contributed by atoms with Crippen LogP contribution in [0.2, 0.25) is 0 Å². The monoisotopic (exact) mass is 282 g/mol. The van der Waals surface area contributed by atoms with Crippen molar-refractivity contribution in [3.05, 3.63) is 24.3 Å². The van der Waals surface area contributed by atoms with E-state index in [4.69, 9.17) is 9.47 Å². The van der Waals surface area contributed by atoms with Crippen molar-refractivity contribution in [1.29, 1.82) is 0 Å². The van der Waals surface area contributed by atoms with Gasteiger partial charge in [0.15, 0.2) is 0 Å². The van der Waals surface area contributed by atoms with Crippen LogP contribution in [0, 0.1) is 5.92 Å². The molecule has 114 valence electrons. The minimum absolute atomic E-state index is 0.00252. The lowest BCUT2D eigenvalue weighted by Gasteiger charge is -2.27. The lowest BCUT2D eigenvalue weighted by molar-refractivity contribution is -0.0370. The van der Waals surface area contributed by atoms with Crippen molar-refractivity contribution in [3.63, 3.8) is 0 Å². The number of hydrogen-bond donors (Lipinski definition) is 2. The van der Waals surface area contributed by atoms with E-state index in [2.05, 4.69) is 6.92 Å². The van der Waals surface area contributed by atoms with Crippen LogP contribution in [0.3, 0.4) is 0 Å². The van der Waals surface area contributed by atoms with E-state index >= 15 is 0 Å². The summed E-state index contributed by atoms with van der Waals surface area (Å²) < 4.78 is 11.2. The van der Waals surface area contributed by atoms with Gasteiger partial charge in [0.1, 0.15) is 18.1 Å². The minimum atomic E-state index is -0.318. The highest BCUT2D eigenvalue weighted by molar-refractivity contribution is 5.31. The zero-order chi connectivity index (χ0) is 15.0. The van der Waals surface area contributed by atoms with Crippen molar-refractivity contribution >= 4 is 0 Å². The normalized spacial score (nSPS) is 15.6. The first-order chi connectivity index (χ1) is 9.58. The Kier molecular flexibility index (Phi) is 7.41. The zero-order valence-electron chi connectivity index (χ0n) is 12.6. The smallest absolute Gasteiger partial charge is 0.123 e. The number of hydrogen-bond acceptors (Lipinski definition) is 4. The maximum Gasteiger partial charge on any atom is 0.123 e. The predicted octanol–water partition coefficient (Wildman–Crippen LogP) is 2.97. The Balaban J connectivity index is 2.29. The summed E-state index contributed by atoms with van der Waals surface area (Å²) >= 11 is 0. The fraction of sp³-hybridized carbons (Fsp3) is 0.625. The fourth-order valence-corrected chi connectivity index (χ4v) is 2.31. The second-order valence-electron chi connectivity index (χ2n) is 4.97. The highest BCUT2D eigenvalue weighted by atomic mass is 16.5. The summed E-state index contributed by atoms with van der Waals surface area (Å²) in [6.07, 6.45) is 1.32. The summed E-state index contributed by atoms with van der Waals surface area (Å²) in [4.78, 5) is 0. The number of rotatable bonds is 9. The van der Waals surface area contributed by atoms with Crippen LogP contribution in [0.25, 0.3) is 0 Å². The van der Waals surface area contributed by atoms with Crippen molar-refractivity contribution < 1.29 is 19.7 Å². The van der Waals surface area contributed by atoms with Crippen molar-refractivity contribution in [1.82, 2.24) is 0 Å². The van der Waals surface area contributed by atoms with E-state index in [0.29, 0.717) is 19.0 Å². The number of aromatic hydroxyl groups is 1. The van der Waals surface area contributed by atoms with Crippen LogP contribution in [0.15, 0.2) is 24.3 Å². The molecule has 3 atom stereocenters. The molecule has 0 saturated carbocycles. The molecular weight excluding hydrogens is 256 g/mol. The first-order valence-corrected chi connectivity index (χ1v) is 7.30. The van der Waals surface area contributed by atoms with Gasteiger partial charge in [0, 0.05) is 12.0 Å². The molecule has 1 aromatic carbocycles. The molecular formula is C16H26O4. The highest BCUT2D eigenvalue weighted by Crippen LogP contribution is 2.20. The molecule has 0 heterocycles. The number of phenolic OH excluding ortho intramolecular Hbond substituents is 1. The number of ether oxygens (including phenoxy) is 2. The molecule has 1 rings (SSSR count). The summed E-state index contributed by atoms with van der Waals surface area (Å²) in [7, 11) is 0. The Morgan fingerprint density at radius 3 is 2.50 bits per heavy atom. The molecule has 20 heavy (non-hydrogen) atoms. The van der Waals surface area contributed by atoms with Crippen molar-refractivity contribution in [2.24, 2.45) is 5.92 Å². The first-order valence-electron chi connectivity index (χ1n) is 7.30. The molecule has 3 unspecified atom stereocenters. The summed E-state index contributed by atoms with van der Waals surface area (Å²) in [5.41, 5.74) is 0. The maximum atomic E-state index is 9.91. The number of aliphatic hydroxyl groups is 1. The Bertz CT molecular complexity index is 380. The van der Waals surface area contributed by atoms with Crippen LogP contribution in [-0.4, -0.2) is 35.6 Å². The van der Waals surface area contributed by atoms with Crippen LogP contribution < -0.4 is 4.74 Å². The van der Waals surface area contributed by atoms with E-state index in [1.165, 1.54) is 0 Å². The summed E-state index contributed by atoms with van der Waals surface area (Å²) in [6, 6.07) is 6.69. The fourth-order valence-electron chi connectivity index (χ4n) is 2.31. The molecule has 0 aliphatic rings. The van der Waals surface area contributed by atoms with E-state index in [-0.39, 0.29) is 23.9 Å². The van der Waals surface area contributed by atoms with Gasteiger partial charge in [0.05, 0.1) is 18.8 Å². The summed E-state index contributed by atoms with van der Waals surface area (Å²) in [5.74, 6) is 0.969. The Morgan fingerprint density at radius 2 is 1.90 bits per heavy atom. The van der Waals surface area contributed by atoms with Gasteiger partial charge in [0.25, 0.3) is 0 Å². The molecule has 0 aliphatic carbocycles. The van der Waals surface area contributed by atoms with Gasteiger partial charge in [-0.05, 0) is 31.9 Å². The third-order valence-electron chi connectivity index (χ3n) is 3.54. The molecule has 4 nitrogen and oxygen atoms in total. The van der Waals surface area contributed by atoms with E-state index < -0.39 is 0 Å². The van der Waals surface area contributed by atoms with Gasteiger partial charge >= 0.3 is 0 Å². The average Bonchev–Trinajstić information content (AvgIpc) is 2.44. The summed E-state index contributed by atoms with van der Waals surface area (Å²) in [6.45, 7) is 6.91. The number of benzene rings is 1. The third-order valence-corrected chi connectivity index (χ3v) is 3.54. The van der Waals surface area contributed by atoms with E-state index in [0.717, 1.165) is 12.8 Å². The molecule has 0 fully saturated rings. The largest absolute Gasteiger partial charge is 0.508 e. The lowest BCUT2D eigenvalue weighted by Crippen LogP contribution is -2.32. The maximum absolute atomic E-state index is 9.91. The molecule has 0 saturated heterocycles. The highest BCUT2D eigenvalue weighted by Gasteiger charge is 2.22. The molecule has 4 heteroatoms. The molecule has 0 radical (unpaired) electrons. The molecule has 0 spiro atoms. The van der Waals surface area contributed by atoms with Crippen LogP contribution in [0.4, 0.5) is 0 Å². The van der Waals surface area contributed by atoms with Gasteiger partial charge in [-0.15, -0.1) is 0 Å². The van der Waals surface area contributed by atoms with Crippen LogP contribution >= 0.6 is 0 Å². The zero-order valence-corrected chi connectivity index (χ0v) is 12.6. The van der Waals surface area contributed by atoms with Crippen molar-refractivity contribution in [3.8, 4) is 11.5 Å². The van der Waals surface area contributed by atoms with E-state index in [1.54, 1.807) is 24.3 Å². The van der Waals surface area contributed by atoms with Crippen molar-refractivity contribution in [2.45, 2.75) is 45.8 Å². The third kappa shape index (κ3) is 5.39. The molecule has 0 aliphatic heterocycles. The molecule has 1 aromatic rings. The van der Waals surface area contributed by atoms with Crippen LogP contribution in [-0.2, 0) is 4.74 Å². The van der Waals surface area contributed by atoms with Crippen LogP contribution in [0.1, 0.15) is 33.6 Å².